The van der Waals surface area contributed by atoms with E-state index in [4.69, 9.17) is 0 Å². The van der Waals surface area contributed by atoms with Crippen LogP contribution in [0.3, 0.4) is 0 Å². The summed E-state index contributed by atoms with van der Waals surface area (Å²) in [6.45, 7) is 0.408. The Morgan fingerprint density at radius 2 is 2.47 bits per heavy atom. The highest BCUT2D eigenvalue weighted by molar-refractivity contribution is 5.92. The van der Waals surface area contributed by atoms with Crippen molar-refractivity contribution in [1.29, 1.82) is 0 Å². The zero-order valence-electron chi connectivity index (χ0n) is 8.12. The molecule has 0 bridgehead atoms. The van der Waals surface area contributed by atoms with Gasteiger partial charge in [-0.1, -0.05) is 0 Å². The lowest BCUT2D eigenvalue weighted by Crippen LogP contribution is -2.40. The summed E-state index contributed by atoms with van der Waals surface area (Å²) >= 11 is 0. The smallest absolute Gasteiger partial charge is 0.231 e. The van der Waals surface area contributed by atoms with Crippen molar-refractivity contribution in [3.8, 4) is 0 Å². The van der Waals surface area contributed by atoms with E-state index in [0.29, 0.717) is 25.3 Å². The van der Waals surface area contributed by atoms with Gasteiger partial charge in [0.05, 0.1) is 5.92 Å². The fraction of sp³-hybridized carbons (Fsp3) is 0.444. The molecule has 6 nitrogen and oxygen atoms in total. The molecule has 0 aliphatic carbocycles. The number of carbonyl (C=O) groups excluding carboxylic acids is 2. The Kier molecular flexibility index (Phi) is 2.66. The summed E-state index contributed by atoms with van der Waals surface area (Å²) in [4.78, 5) is 29.2. The van der Waals surface area contributed by atoms with Gasteiger partial charge in [-0.05, 0) is 6.42 Å². The van der Waals surface area contributed by atoms with Crippen LogP contribution >= 0.6 is 0 Å². The number of nitrogens with zero attached hydrogens (tertiary/aromatic N) is 1. The first-order chi connectivity index (χ1) is 7.25. The predicted octanol–water partition coefficient (Wildman–Crippen LogP) is -0.126. The van der Waals surface area contributed by atoms with E-state index in [1.165, 1.54) is 0 Å². The number of rotatable bonds is 2. The Balaban J connectivity index is 1.89. The third-order valence-electron chi connectivity index (χ3n) is 2.38. The second-order valence-electron chi connectivity index (χ2n) is 3.47. The maximum Gasteiger partial charge on any atom is 0.231 e. The minimum Gasteiger partial charge on any atom is -0.355 e. The van der Waals surface area contributed by atoms with Crippen LogP contribution in [-0.2, 0) is 9.59 Å². The van der Waals surface area contributed by atoms with Gasteiger partial charge < -0.3 is 10.3 Å². The van der Waals surface area contributed by atoms with Crippen LogP contribution in [0, 0.1) is 5.92 Å². The predicted molar refractivity (Wildman–Crippen MR) is 53.0 cm³/mol. The fourth-order valence-electron chi connectivity index (χ4n) is 1.51. The molecule has 1 aromatic heterocycles. The van der Waals surface area contributed by atoms with Crippen LogP contribution in [0.25, 0.3) is 0 Å². The largest absolute Gasteiger partial charge is 0.355 e. The molecular formula is C9H12N4O2. The molecule has 1 unspecified atom stereocenters. The third kappa shape index (κ3) is 2.34. The van der Waals surface area contributed by atoms with Crippen molar-refractivity contribution in [2.75, 3.05) is 11.9 Å². The number of imidazole rings is 1. The van der Waals surface area contributed by atoms with Gasteiger partial charge in [0.2, 0.25) is 17.8 Å². The molecule has 1 aliphatic rings. The van der Waals surface area contributed by atoms with Gasteiger partial charge in [0.25, 0.3) is 0 Å². The summed E-state index contributed by atoms with van der Waals surface area (Å²) in [7, 11) is 0. The van der Waals surface area contributed by atoms with Crippen molar-refractivity contribution in [3.05, 3.63) is 12.4 Å². The molecule has 0 saturated carbocycles. The molecule has 1 saturated heterocycles. The van der Waals surface area contributed by atoms with Crippen molar-refractivity contribution in [2.24, 2.45) is 5.92 Å². The molecule has 1 aliphatic heterocycles. The van der Waals surface area contributed by atoms with Gasteiger partial charge in [0, 0.05) is 25.4 Å². The highest BCUT2D eigenvalue weighted by Gasteiger charge is 2.24. The molecule has 2 heterocycles. The van der Waals surface area contributed by atoms with E-state index in [1.807, 2.05) is 0 Å². The molecule has 3 N–H and O–H groups in total. The Bertz CT molecular complexity index is 350. The molecule has 1 fully saturated rings. The Morgan fingerprint density at radius 1 is 1.60 bits per heavy atom. The van der Waals surface area contributed by atoms with Crippen molar-refractivity contribution in [2.45, 2.75) is 12.8 Å². The Morgan fingerprint density at radius 3 is 3.07 bits per heavy atom. The summed E-state index contributed by atoms with van der Waals surface area (Å²) in [6.07, 6.45) is 4.21. The molecule has 6 heteroatoms. The van der Waals surface area contributed by atoms with Crippen LogP contribution in [0.4, 0.5) is 5.95 Å². The van der Waals surface area contributed by atoms with E-state index < -0.39 is 0 Å². The highest BCUT2D eigenvalue weighted by Crippen LogP contribution is 2.12. The molecule has 2 rings (SSSR count). The molecule has 1 aromatic rings. The van der Waals surface area contributed by atoms with Gasteiger partial charge in [-0.3, -0.25) is 14.9 Å². The van der Waals surface area contributed by atoms with E-state index in [-0.39, 0.29) is 17.7 Å². The first-order valence-electron chi connectivity index (χ1n) is 4.82. The van der Waals surface area contributed by atoms with E-state index in [0.717, 1.165) is 0 Å². The summed E-state index contributed by atoms with van der Waals surface area (Å²) in [5, 5.41) is 5.31. The molecular weight excluding hydrogens is 196 g/mol. The fourth-order valence-corrected chi connectivity index (χ4v) is 1.51. The minimum absolute atomic E-state index is 0.0112. The van der Waals surface area contributed by atoms with Crippen molar-refractivity contribution in [3.63, 3.8) is 0 Å². The molecule has 0 radical (unpaired) electrons. The van der Waals surface area contributed by atoms with Crippen LogP contribution in [0.1, 0.15) is 12.8 Å². The van der Waals surface area contributed by atoms with Crippen LogP contribution in [-0.4, -0.2) is 28.3 Å². The van der Waals surface area contributed by atoms with Crippen molar-refractivity contribution >= 4 is 17.8 Å². The number of H-pyrrole nitrogens is 1. The molecule has 80 valence electrons. The zero-order valence-corrected chi connectivity index (χ0v) is 8.12. The lowest BCUT2D eigenvalue weighted by atomic mass is 9.98. The average Bonchev–Trinajstić information content (AvgIpc) is 2.71. The number of aromatic amines is 1. The van der Waals surface area contributed by atoms with Gasteiger partial charge in [0.15, 0.2) is 0 Å². The summed E-state index contributed by atoms with van der Waals surface area (Å²) in [5.41, 5.74) is 0. The second-order valence-corrected chi connectivity index (χ2v) is 3.47. The number of hydrogen-bond acceptors (Lipinski definition) is 3. The van der Waals surface area contributed by atoms with Gasteiger partial charge in [0.1, 0.15) is 0 Å². The number of hydrogen-bond donors (Lipinski definition) is 3. The number of piperidine rings is 1. The van der Waals surface area contributed by atoms with E-state index in [1.54, 1.807) is 12.4 Å². The molecule has 0 spiro atoms. The first-order valence-corrected chi connectivity index (χ1v) is 4.82. The number of nitrogens with one attached hydrogen (secondary N) is 3. The van der Waals surface area contributed by atoms with Gasteiger partial charge >= 0.3 is 0 Å². The normalized spacial score (nSPS) is 20.8. The van der Waals surface area contributed by atoms with Crippen molar-refractivity contribution < 1.29 is 9.59 Å². The van der Waals surface area contributed by atoms with E-state index in [9.17, 15) is 9.59 Å². The second kappa shape index (κ2) is 4.12. The lowest BCUT2D eigenvalue weighted by molar-refractivity contribution is -0.126. The van der Waals surface area contributed by atoms with Gasteiger partial charge in [-0.25, -0.2) is 4.98 Å². The maximum atomic E-state index is 11.6. The topological polar surface area (TPSA) is 86.9 Å². The van der Waals surface area contributed by atoms with Crippen LogP contribution in [0.2, 0.25) is 0 Å². The maximum absolute atomic E-state index is 11.6. The Hall–Kier alpha value is -1.85. The van der Waals surface area contributed by atoms with Crippen LogP contribution in [0.15, 0.2) is 12.4 Å². The third-order valence-corrected chi connectivity index (χ3v) is 2.38. The minimum atomic E-state index is -0.159. The highest BCUT2D eigenvalue weighted by atomic mass is 16.2. The molecule has 15 heavy (non-hydrogen) atoms. The summed E-state index contributed by atoms with van der Waals surface area (Å²) < 4.78 is 0. The number of aromatic nitrogens is 2. The SMILES string of the molecule is O=C1CCC(C(=O)Nc2ncc[nH]2)CN1. The summed E-state index contributed by atoms with van der Waals surface area (Å²) in [5.74, 6) is 0.187. The molecule has 1 atom stereocenters. The summed E-state index contributed by atoms with van der Waals surface area (Å²) in [6, 6.07) is 0. The number of anilines is 1. The molecule has 2 amide bonds. The zero-order chi connectivity index (χ0) is 10.7. The molecule has 0 aromatic carbocycles. The number of carbonyl (C=O) groups is 2. The van der Waals surface area contributed by atoms with E-state index in [2.05, 4.69) is 20.6 Å². The number of amides is 2. The van der Waals surface area contributed by atoms with Crippen molar-refractivity contribution in [1.82, 2.24) is 15.3 Å². The van der Waals surface area contributed by atoms with Gasteiger partial charge in [-0.15, -0.1) is 0 Å². The standard InChI is InChI=1S/C9H12N4O2/c14-7-2-1-6(5-12-7)8(15)13-9-10-3-4-11-9/h3-4,6H,1-2,5H2,(H,12,14)(H2,10,11,13,15). The van der Waals surface area contributed by atoms with Crippen LogP contribution < -0.4 is 10.6 Å². The quantitative estimate of drug-likeness (QED) is 0.633. The lowest BCUT2D eigenvalue weighted by Gasteiger charge is -2.20. The first kappa shape index (κ1) is 9.70. The Labute approximate surface area is 86.5 Å². The monoisotopic (exact) mass is 208 g/mol. The van der Waals surface area contributed by atoms with Crippen LogP contribution in [0.5, 0.6) is 0 Å². The van der Waals surface area contributed by atoms with Gasteiger partial charge in [-0.2, -0.15) is 0 Å². The average molecular weight is 208 g/mol. The van der Waals surface area contributed by atoms with E-state index >= 15 is 0 Å².